The summed E-state index contributed by atoms with van der Waals surface area (Å²) in [7, 11) is 4.44. The number of rotatable bonds is 8. The van der Waals surface area contributed by atoms with E-state index in [1.54, 1.807) is 0 Å². The lowest BCUT2D eigenvalue weighted by atomic mass is 9.82. The molecule has 0 aromatic rings. The maximum absolute atomic E-state index is 2.43. The van der Waals surface area contributed by atoms with Gasteiger partial charge in [0.1, 0.15) is 0 Å². The van der Waals surface area contributed by atoms with Crippen LogP contribution in [-0.2, 0) is 0 Å². The van der Waals surface area contributed by atoms with E-state index in [9.17, 15) is 0 Å². The molecule has 0 bridgehead atoms. The van der Waals surface area contributed by atoms with Crippen LogP contribution in [0.1, 0.15) is 60.8 Å². The molecule has 0 radical (unpaired) electrons. The van der Waals surface area contributed by atoms with Gasteiger partial charge in [-0.15, -0.1) is 0 Å². The molecular formula is C16H35N. The fraction of sp³-hybridized carbons (Fsp3) is 1.00. The molecule has 0 heterocycles. The summed E-state index contributed by atoms with van der Waals surface area (Å²) in [5, 5.41) is 0. The van der Waals surface area contributed by atoms with Gasteiger partial charge >= 0.3 is 0 Å². The number of hydrogen-bond donors (Lipinski definition) is 0. The molecular weight excluding hydrogens is 206 g/mol. The Morgan fingerprint density at radius 2 is 1.35 bits per heavy atom. The normalized spacial score (nSPS) is 19.4. The summed E-state index contributed by atoms with van der Waals surface area (Å²) in [6.07, 6.45) is 4.03. The van der Waals surface area contributed by atoms with Gasteiger partial charge in [-0.05, 0) is 50.6 Å². The van der Waals surface area contributed by atoms with Gasteiger partial charge in [-0.1, -0.05) is 48.0 Å². The number of nitrogens with zero attached hydrogens (tertiary/aromatic N) is 1. The zero-order valence-corrected chi connectivity index (χ0v) is 13.5. The summed E-state index contributed by atoms with van der Waals surface area (Å²) >= 11 is 0. The van der Waals surface area contributed by atoms with Crippen LogP contribution in [0.25, 0.3) is 0 Å². The maximum Gasteiger partial charge on any atom is 0.0115 e. The van der Waals surface area contributed by atoms with Gasteiger partial charge in [0, 0.05) is 6.04 Å². The zero-order chi connectivity index (χ0) is 13.6. The number of hydrogen-bond acceptors (Lipinski definition) is 1. The molecule has 0 rings (SSSR count). The molecule has 0 saturated heterocycles. The molecule has 0 aromatic carbocycles. The van der Waals surface area contributed by atoms with E-state index in [1.165, 1.54) is 19.3 Å². The van der Waals surface area contributed by atoms with Crippen LogP contribution >= 0.6 is 0 Å². The Kier molecular flexibility index (Phi) is 8.11. The Hall–Kier alpha value is -0.0400. The Labute approximate surface area is 110 Å². The molecule has 0 aliphatic rings. The first-order chi connectivity index (χ1) is 7.79. The Morgan fingerprint density at radius 3 is 1.71 bits per heavy atom. The van der Waals surface area contributed by atoms with Gasteiger partial charge in [0.05, 0.1) is 0 Å². The van der Waals surface area contributed by atoms with Crippen LogP contribution in [0.4, 0.5) is 0 Å². The molecule has 0 N–H and O–H groups in total. The van der Waals surface area contributed by atoms with Gasteiger partial charge < -0.3 is 4.90 Å². The topological polar surface area (TPSA) is 3.24 Å². The van der Waals surface area contributed by atoms with Gasteiger partial charge in [0.15, 0.2) is 0 Å². The van der Waals surface area contributed by atoms with Crippen molar-refractivity contribution >= 4 is 0 Å². The fourth-order valence-electron chi connectivity index (χ4n) is 2.86. The monoisotopic (exact) mass is 241 g/mol. The average molecular weight is 241 g/mol. The van der Waals surface area contributed by atoms with Crippen molar-refractivity contribution < 1.29 is 0 Å². The minimum absolute atomic E-state index is 0.731. The van der Waals surface area contributed by atoms with E-state index in [1.807, 2.05) is 0 Å². The van der Waals surface area contributed by atoms with Gasteiger partial charge in [-0.2, -0.15) is 0 Å². The van der Waals surface area contributed by atoms with Crippen molar-refractivity contribution in [2.45, 2.75) is 66.8 Å². The van der Waals surface area contributed by atoms with Crippen LogP contribution in [0.5, 0.6) is 0 Å². The first-order valence-corrected chi connectivity index (χ1v) is 7.45. The SMILES string of the molecule is CCC(C)C(C)CC(C)CC(C(C)C)N(C)C. The minimum Gasteiger partial charge on any atom is -0.306 e. The van der Waals surface area contributed by atoms with Crippen molar-refractivity contribution in [2.75, 3.05) is 14.1 Å². The highest BCUT2D eigenvalue weighted by molar-refractivity contribution is 4.74. The van der Waals surface area contributed by atoms with Gasteiger partial charge in [0.2, 0.25) is 0 Å². The molecule has 104 valence electrons. The summed E-state index contributed by atoms with van der Waals surface area (Å²) in [5.41, 5.74) is 0. The quantitative estimate of drug-likeness (QED) is 0.597. The molecule has 0 aliphatic heterocycles. The molecule has 1 nitrogen and oxygen atoms in total. The highest BCUT2D eigenvalue weighted by atomic mass is 15.1. The summed E-state index contributed by atoms with van der Waals surface area (Å²) in [6.45, 7) is 14.2. The second-order valence-electron chi connectivity index (χ2n) is 6.71. The second-order valence-corrected chi connectivity index (χ2v) is 6.71. The minimum atomic E-state index is 0.731. The van der Waals surface area contributed by atoms with E-state index in [-0.39, 0.29) is 0 Å². The molecule has 0 fully saturated rings. The Morgan fingerprint density at radius 1 is 0.824 bits per heavy atom. The van der Waals surface area contributed by atoms with Crippen LogP contribution in [0.15, 0.2) is 0 Å². The lowest BCUT2D eigenvalue weighted by Crippen LogP contribution is -2.34. The predicted octanol–water partition coefficient (Wildman–Crippen LogP) is 4.67. The Balaban J connectivity index is 4.19. The molecule has 4 atom stereocenters. The van der Waals surface area contributed by atoms with Crippen LogP contribution in [-0.4, -0.2) is 25.0 Å². The molecule has 0 saturated carbocycles. The third-order valence-corrected chi connectivity index (χ3v) is 4.47. The highest BCUT2D eigenvalue weighted by Crippen LogP contribution is 2.27. The smallest absolute Gasteiger partial charge is 0.0115 e. The van der Waals surface area contributed by atoms with E-state index >= 15 is 0 Å². The van der Waals surface area contributed by atoms with Gasteiger partial charge in [0.25, 0.3) is 0 Å². The Bertz CT molecular complexity index is 178. The van der Waals surface area contributed by atoms with Crippen LogP contribution in [0, 0.1) is 23.7 Å². The van der Waals surface area contributed by atoms with Crippen molar-refractivity contribution in [3.8, 4) is 0 Å². The standard InChI is InChI=1S/C16H35N/c1-9-14(5)15(6)10-13(4)11-16(12(2)3)17(7)8/h12-16H,9-11H2,1-8H3. The van der Waals surface area contributed by atoms with E-state index in [4.69, 9.17) is 0 Å². The summed E-state index contributed by atoms with van der Waals surface area (Å²) in [6, 6.07) is 0.731. The first kappa shape index (κ1) is 17.0. The first-order valence-electron chi connectivity index (χ1n) is 7.45. The molecule has 0 spiro atoms. The third kappa shape index (κ3) is 6.45. The molecule has 4 unspecified atom stereocenters. The van der Waals surface area contributed by atoms with E-state index in [2.05, 4.69) is 60.5 Å². The van der Waals surface area contributed by atoms with E-state index in [0.29, 0.717) is 0 Å². The highest BCUT2D eigenvalue weighted by Gasteiger charge is 2.21. The molecule has 0 aromatic heterocycles. The zero-order valence-electron chi connectivity index (χ0n) is 13.5. The van der Waals surface area contributed by atoms with E-state index in [0.717, 1.165) is 29.7 Å². The van der Waals surface area contributed by atoms with Crippen LogP contribution in [0.3, 0.4) is 0 Å². The van der Waals surface area contributed by atoms with Gasteiger partial charge in [-0.25, -0.2) is 0 Å². The van der Waals surface area contributed by atoms with Crippen molar-refractivity contribution in [1.29, 1.82) is 0 Å². The van der Waals surface area contributed by atoms with Crippen LogP contribution < -0.4 is 0 Å². The second kappa shape index (κ2) is 8.13. The summed E-state index contributed by atoms with van der Waals surface area (Å²) in [5.74, 6) is 3.33. The van der Waals surface area contributed by atoms with Gasteiger partial charge in [-0.3, -0.25) is 0 Å². The third-order valence-electron chi connectivity index (χ3n) is 4.47. The summed E-state index contributed by atoms with van der Waals surface area (Å²) in [4.78, 5) is 2.40. The lowest BCUT2D eigenvalue weighted by Gasteiger charge is -2.32. The fourth-order valence-corrected chi connectivity index (χ4v) is 2.86. The summed E-state index contributed by atoms with van der Waals surface area (Å²) < 4.78 is 0. The molecule has 1 heteroatoms. The van der Waals surface area contributed by atoms with Crippen molar-refractivity contribution in [2.24, 2.45) is 23.7 Å². The lowest BCUT2D eigenvalue weighted by molar-refractivity contribution is 0.179. The maximum atomic E-state index is 2.43. The molecule has 0 aliphatic carbocycles. The van der Waals surface area contributed by atoms with Crippen molar-refractivity contribution in [3.05, 3.63) is 0 Å². The van der Waals surface area contributed by atoms with Crippen molar-refractivity contribution in [1.82, 2.24) is 4.90 Å². The van der Waals surface area contributed by atoms with Crippen molar-refractivity contribution in [3.63, 3.8) is 0 Å². The van der Waals surface area contributed by atoms with Crippen LogP contribution in [0.2, 0.25) is 0 Å². The molecule has 0 amide bonds. The average Bonchev–Trinajstić information content (AvgIpc) is 2.23. The molecule has 17 heavy (non-hydrogen) atoms. The van der Waals surface area contributed by atoms with E-state index < -0.39 is 0 Å². The largest absolute Gasteiger partial charge is 0.306 e. The predicted molar refractivity (Wildman–Crippen MR) is 79.3 cm³/mol.